The van der Waals surface area contributed by atoms with Crippen LogP contribution in [0.25, 0.3) is 10.4 Å². The Bertz CT molecular complexity index is 954. The SMILES string of the molecule is Cc1ncsc1-c1ccc([C@H](C)NC(=O)[C@@H]2C[C@@H](O)CN2C(O)[C@@H](NC(C)C)C(C)(C)C)cc1. The van der Waals surface area contributed by atoms with Crippen LogP contribution in [-0.2, 0) is 4.79 Å². The lowest BCUT2D eigenvalue weighted by Crippen LogP contribution is -2.60. The third-order valence-electron chi connectivity index (χ3n) is 6.48. The van der Waals surface area contributed by atoms with Crippen LogP contribution in [0.15, 0.2) is 29.8 Å². The van der Waals surface area contributed by atoms with Gasteiger partial charge in [0, 0.05) is 12.6 Å². The van der Waals surface area contributed by atoms with E-state index in [1.54, 1.807) is 16.2 Å². The van der Waals surface area contributed by atoms with Crippen LogP contribution < -0.4 is 10.6 Å². The van der Waals surface area contributed by atoms with E-state index in [1.807, 2.05) is 45.3 Å². The Balaban J connectivity index is 1.71. The monoisotopic (exact) mass is 488 g/mol. The first kappa shape index (κ1) is 26.8. The Morgan fingerprint density at radius 2 is 1.85 bits per heavy atom. The molecule has 2 heterocycles. The van der Waals surface area contributed by atoms with E-state index in [1.165, 1.54) is 0 Å². The fourth-order valence-corrected chi connectivity index (χ4v) is 5.43. The lowest BCUT2D eigenvalue weighted by atomic mass is 9.84. The van der Waals surface area contributed by atoms with Crippen LogP contribution in [-0.4, -0.2) is 63.0 Å². The molecule has 1 aliphatic rings. The number of aliphatic hydroxyl groups is 2. The van der Waals surface area contributed by atoms with Crippen LogP contribution in [0.3, 0.4) is 0 Å². The minimum absolute atomic E-state index is 0.176. The summed E-state index contributed by atoms with van der Waals surface area (Å²) in [5.74, 6) is -0.178. The molecule has 0 radical (unpaired) electrons. The normalized spacial score (nSPS) is 22.1. The third-order valence-corrected chi connectivity index (χ3v) is 7.46. The highest BCUT2D eigenvalue weighted by Crippen LogP contribution is 2.30. The average molecular weight is 489 g/mol. The maximum absolute atomic E-state index is 13.3. The van der Waals surface area contributed by atoms with Crippen molar-refractivity contribution in [3.63, 3.8) is 0 Å². The van der Waals surface area contributed by atoms with Crippen LogP contribution >= 0.6 is 11.3 Å². The third kappa shape index (κ3) is 6.23. The summed E-state index contributed by atoms with van der Waals surface area (Å²) in [6.07, 6.45) is -1.24. The number of aromatic nitrogens is 1. The number of hydrogen-bond acceptors (Lipinski definition) is 7. The van der Waals surface area contributed by atoms with E-state index in [2.05, 4.69) is 48.5 Å². The lowest BCUT2D eigenvalue weighted by Gasteiger charge is -2.42. The number of likely N-dealkylation sites (tertiary alicyclic amines) is 1. The molecule has 1 aliphatic heterocycles. The molecule has 0 aliphatic carbocycles. The zero-order valence-electron chi connectivity index (χ0n) is 21.4. The molecule has 5 atom stereocenters. The predicted octanol–water partition coefficient (Wildman–Crippen LogP) is 3.46. The van der Waals surface area contributed by atoms with Gasteiger partial charge in [-0.15, -0.1) is 11.3 Å². The highest BCUT2D eigenvalue weighted by Gasteiger charge is 2.44. The highest BCUT2D eigenvalue weighted by atomic mass is 32.1. The predicted molar refractivity (Wildman–Crippen MR) is 137 cm³/mol. The highest BCUT2D eigenvalue weighted by molar-refractivity contribution is 7.13. The topological polar surface area (TPSA) is 97.7 Å². The second-order valence-corrected chi connectivity index (χ2v) is 11.7. The molecule has 1 aromatic carbocycles. The van der Waals surface area contributed by atoms with Crippen molar-refractivity contribution in [1.82, 2.24) is 20.5 Å². The number of β-amino-alcohol motifs (C(OH)–C–C–N with tert-alkyl or cyclic N) is 1. The molecule has 34 heavy (non-hydrogen) atoms. The first-order valence-corrected chi connectivity index (χ1v) is 12.9. The molecule has 3 rings (SSSR count). The molecule has 1 amide bonds. The van der Waals surface area contributed by atoms with Crippen molar-refractivity contribution in [2.24, 2.45) is 5.41 Å². The number of rotatable bonds is 8. The quantitative estimate of drug-likeness (QED) is 0.454. The summed E-state index contributed by atoms with van der Waals surface area (Å²) in [7, 11) is 0. The van der Waals surface area contributed by atoms with Crippen molar-refractivity contribution in [2.45, 2.75) is 91.4 Å². The number of carbonyl (C=O) groups excluding carboxylic acids is 1. The fraction of sp³-hybridized carbons (Fsp3) is 0.615. The number of hydrogen-bond donors (Lipinski definition) is 4. The molecular weight excluding hydrogens is 448 g/mol. The van der Waals surface area contributed by atoms with Crippen LogP contribution in [0.1, 0.15) is 65.3 Å². The van der Waals surface area contributed by atoms with Gasteiger partial charge in [0.15, 0.2) is 0 Å². The van der Waals surface area contributed by atoms with E-state index in [0.717, 1.165) is 21.7 Å². The van der Waals surface area contributed by atoms with E-state index in [9.17, 15) is 15.0 Å². The van der Waals surface area contributed by atoms with E-state index >= 15 is 0 Å². The lowest BCUT2D eigenvalue weighted by molar-refractivity contribution is -0.133. The second-order valence-electron chi connectivity index (χ2n) is 10.8. The largest absolute Gasteiger partial charge is 0.392 e. The van der Waals surface area contributed by atoms with Gasteiger partial charge in [0.25, 0.3) is 0 Å². The first-order valence-electron chi connectivity index (χ1n) is 12.1. The summed E-state index contributed by atoms with van der Waals surface area (Å²) in [5.41, 5.74) is 4.74. The zero-order valence-corrected chi connectivity index (χ0v) is 22.2. The summed E-state index contributed by atoms with van der Waals surface area (Å²) < 4.78 is 0. The molecule has 1 saturated heterocycles. The molecule has 2 aromatic rings. The van der Waals surface area contributed by atoms with E-state index in [-0.39, 0.29) is 36.0 Å². The minimum atomic E-state index is -0.896. The van der Waals surface area contributed by atoms with Crippen LogP contribution in [0.2, 0.25) is 0 Å². The summed E-state index contributed by atoms with van der Waals surface area (Å²) >= 11 is 1.62. The first-order chi connectivity index (χ1) is 15.9. The van der Waals surface area contributed by atoms with Crippen molar-refractivity contribution < 1.29 is 15.0 Å². The fourth-order valence-electron chi connectivity index (χ4n) is 4.62. The van der Waals surface area contributed by atoms with Gasteiger partial charge in [-0.25, -0.2) is 4.98 Å². The van der Waals surface area contributed by atoms with Crippen LogP contribution in [0.5, 0.6) is 0 Å². The van der Waals surface area contributed by atoms with Crippen LogP contribution in [0, 0.1) is 12.3 Å². The van der Waals surface area contributed by atoms with Gasteiger partial charge >= 0.3 is 0 Å². The Labute approximate surface area is 207 Å². The van der Waals surface area contributed by atoms with Gasteiger partial charge in [0.1, 0.15) is 6.23 Å². The molecule has 0 bridgehead atoms. The van der Waals surface area contributed by atoms with Gasteiger partial charge in [0.2, 0.25) is 5.91 Å². The van der Waals surface area contributed by atoms with E-state index < -0.39 is 18.4 Å². The molecule has 1 fully saturated rings. The summed E-state index contributed by atoms with van der Waals surface area (Å²) in [6, 6.07) is 7.29. The Morgan fingerprint density at radius 1 is 1.21 bits per heavy atom. The van der Waals surface area contributed by atoms with Gasteiger partial charge in [-0.3, -0.25) is 9.69 Å². The molecule has 188 valence electrons. The molecule has 1 unspecified atom stereocenters. The smallest absolute Gasteiger partial charge is 0.238 e. The summed E-state index contributed by atoms with van der Waals surface area (Å²) in [4.78, 5) is 20.5. The standard InChI is InChI=1S/C26H40N4O3S/c1-15(2)28-23(26(5,6)7)25(33)30-13-20(31)12-21(30)24(32)29-16(3)18-8-10-19(11-9-18)22-17(4)27-14-34-22/h8-11,14-16,20-21,23,25,28,31,33H,12-13H2,1-7H3,(H,29,32)/t16-,20+,21-,23+,25?/m0/s1. The Kier molecular flexibility index (Phi) is 8.52. The number of benzene rings is 1. The maximum atomic E-state index is 13.3. The molecule has 8 heteroatoms. The maximum Gasteiger partial charge on any atom is 0.238 e. The molecule has 4 N–H and O–H groups in total. The van der Waals surface area contributed by atoms with Crippen molar-refractivity contribution in [3.05, 3.63) is 41.0 Å². The number of carbonyl (C=O) groups is 1. The number of nitrogens with zero attached hydrogens (tertiary/aromatic N) is 2. The van der Waals surface area contributed by atoms with Crippen molar-refractivity contribution in [3.8, 4) is 10.4 Å². The zero-order chi connectivity index (χ0) is 25.2. The number of aliphatic hydroxyl groups excluding tert-OH is 2. The molecule has 7 nitrogen and oxygen atoms in total. The van der Waals surface area contributed by atoms with Gasteiger partial charge in [-0.05, 0) is 36.8 Å². The van der Waals surface area contributed by atoms with Gasteiger partial charge in [-0.2, -0.15) is 0 Å². The van der Waals surface area contributed by atoms with Gasteiger partial charge in [-0.1, -0.05) is 58.9 Å². The average Bonchev–Trinajstić information content (AvgIpc) is 3.36. The minimum Gasteiger partial charge on any atom is -0.392 e. The number of thiazole rings is 1. The molecule has 0 spiro atoms. The van der Waals surface area contributed by atoms with Crippen molar-refractivity contribution in [1.29, 1.82) is 0 Å². The Hall–Kier alpha value is -1.84. The summed E-state index contributed by atoms with van der Waals surface area (Å²) in [6.45, 7) is 14.5. The van der Waals surface area contributed by atoms with Crippen molar-refractivity contribution >= 4 is 17.2 Å². The number of amides is 1. The second kappa shape index (κ2) is 10.8. The number of aryl methyl sites for hydroxylation is 1. The van der Waals surface area contributed by atoms with E-state index in [4.69, 9.17) is 0 Å². The number of nitrogens with one attached hydrogen (secondary N) is 2. The molecule has 0 saturated carbocycles. The molecule has 1 aromatic heterocycles. The van der Waals surface area contributed by atoms with E-state index in [0.29, 0.717) is 6.42 Å². The van der Waals surface area contributed by atoms with Crippen molar-refractivity contribution in [2.75, 3.05) is 6.54 Å². The van der Waals surface area contributed by atoms with Gasteiger partial charge in [0.05, 0.1) is 40.3 Å². The molecular formula is C26H40N4O3S. The van der Waals surface area contributed by atoms with Crippen LogP contribution in [0.4, 0.5) is 0 Å². The van der Waals surface area contributed by atoms with Gasteiger partial charge < -0.3 is 20.8 Å². The Morgan fingerprint density at radius 3 is 2.38 bits per heavy atom. The summed E-state index contributed by atoms with van der Waals surface area (Å²) in [5, 5.41) is 28.2.